The van der Waals surface area contributed by atoms with Gasteiger partial charge < -0.3 is 15.5 Å². The second kappa shape index (κ2) is 7.25. The van der Waals surface area contributed by atoms with Crippen LogP contribution in [0, 0.1) is 0 Å². The molecule has 3 nitrogen and oxygen atoms in total. The Balaban J connectivity index is 2.26. The van der Waals surface area contributed by atoms with Crippen molar-refractivity contribution in [2.24, 2.45) is 0 Å². The van der Waals surface area contributed by atoms with E-state index in [0.717, 1.165) is 17.2 Å². The summed E-state index contributed by atoms with van der Waals surface area (Å²) in [6.45, 7) is 1.98. The van der Waals surface area contributed by atoms with E-state index in [4.69, 9.17) is 21.8 Å². The summed E-state index contributed by atoms with van der Waals surface area (Å²) in [6.07, 6.45) is 1.93. The fourth-order valence-electron chi connectivity index (χ4n) is 1.49. The van der Waals surface area contributed by atoms with Gasteiger partial charge in [0.15, 0.2) is 0 Å². The Hall–Kier alpha value is -0.130. The van der Waals surface area contributed by atoms with Gasteiger partial charge in [0.2, 0.25) is 0 Å². The Morgan fingerprint density at radius 1 is 1.38 bits per heavy atom. The molecular formula is C11H18ClNO2S. The molecule has 1 rings (SSSR count). The lowest BCUT2D eigenvalue weighted by molar-refractivity contribution is 0.162. The van der Waals surface area contributed by atoms with Crippen LogP contribution in [0.3, 0.4) is 0 Å². The smallest absolute Gasteiger partial charge is 0.0931 e. The summed E-state index contributed by atoms with van der Waals surface area (Å²) >= 11 is 7.44. The monoisotopic (exact) mass is 263 g/mol. The lowest BCUT2D eigenvalue weighted by Gasteiger charge is -2.19. The third-order valence-corrected chi connectivity index (χ3v) is 3.70. The molecule has 1 atom stereocenters. The number of aliphatic hydroxyl groups excluding tert-OH is 2. The highest BCUT2D eigenvalue weighted by Gasteiger charge is 2.10. The largest absolute Gasteiger partial charge is 0.395 e. The van der Waals surface area contributed by atoms with Crippen LogP contribution in [0.4, 0.5) is 0 Å². The van der Waals surface area contributed by atoms with Crippen molar-refractivity contribution in [1.29, 1.82) is 0 Å². The Morgan fingerprint density at radius 3 is 2.56 bits per heavy atom. The van der Waals surface area contributed by atoms with Crippen molar-refractivity contribution in [2.45, 2.75) is 31.8 Å². The zero-order valence-electron chi connectivity index (χ0n) is 9.32. The molecule has 0 saturated carbocycles. The number of halogens is 1. The molecule has 1 aromatic heterocycles. The van der Waals surface area contributed by atoms with E-state index in [-0.39, 0.29) is 25.3 Å². The topological polar surface area (TPSA) is 52.5 Å². The SMILES string of the molecule is CC(CCc1ccc(Cl)s1)NC(CO)CO. The number of rotatable bonds is 7. The molecule has 0 bridgehead atoms. The Labute approximate surface area is 105 Å². The molecule has 1 unspecified atom stereocenters. The van der Waals surface area contributed by atoms with Gasteiger partial charge in [0.05, 0.1) is 23.6 Å². The van der Waals surface area contributed by atoms with Gasteiger partial charge in [-0.15, -0.1) is 11.3 Å². The molecule has 1 heterocycles. The van der Waals surface area contributed by atoms with Gasteiger partial charge in [-0.05, 0) is 31.9 Å². The van der Waals surface area contributed by atoms with E-state index >= 15 is 0 Å². The Bertz CT molecular complexity index is 302. The van der Waals surface area contributed by atoms with E-state index in [1.54, 1.807) is 11.3 Å². The van der Waals surface area contributed by atoms with Crippen LogP contribution in [0.15, 0.2) is 12.1 Å². The zero-order chi connectivity index (χ0) is 12.0. The van der Waals surface area contributed by atoms with Gasteiger partial charge in [-0.1, -0.05) is 11.6 Å². The molecule has 0 aromatic carbocycles. The van der Waals surface area contributed by atoms with Crippen LogP contribution in [0.1, 0.15) is 18.2 Å². The fourth-order valence-corrected chi connectivity index (χ4v) is 2.60. The average molecular weight is 264 g/mol. The molecule has 5 heteroatoms. The second-order valence-electron chi connectivity index (χ2n) is 3.87. The van der Waals surface area contributed by atoms with E-state index in [2.05, 4.69) is 5.32 Å². The molecule has 1 aromatic rings. The minimum absolute atomic E-state index is 0.0360. The molecular weight excluding hydrogens is 246 g/mol. The van der Waals surface area contributed by atoms with Gasteiger partial charge >= 0.3 is 0 Å². The standard InChI is InChI=1S/C11H18ClNO2S/c1-8(13-9(6-14)7-15)2-3-10-4-5-11(12)16-10/h4-5,8-9,13-15H,2-3,6-7H2,1H3. The lowest BCUT2D eigenvalue weighted by Crippen LogP contribution is -2.41. The molecule has 0 spiro atoms. The van der Waals surface area contributed by atoms with Crippen LogP contribution in [-0.4, -0.2) is 35.5 Å². The average Bonchev–Trinajstić information content (AvgIpc) is 2.69. The molecule has 16 heavy (non-hydrogen) atoms. The van der Waals surface area contributed by atoms with Crippen molar-refractivity contribution in [3.63, 3.8) is 0 Å². The summed E-state index contributed by atoms with van der Waals surface area (Å²) in [7, 11) is 0. The lowest BCUT2D eigenvalue weighted by atomic mass is 10.1. The summed E-state index contributed by atoms with van der Waals surface area (Å²) in [5.74, 6) is 0. The Morgan fingerprint density at radius 2 is 2.06 bits per heavy atom. The van der Waals surface area contributed by atoms with Gasteiger partial charge in [-0.2, -0.15) is 0 Å². The minimum atomic E-state index is -0.220. The molecule has 3 N–H and O–H groups in total. The van der Waals surface area contributed by atoms with Gasteiger partial charge in [0.25, 0.3) is 0 Å². The highest BCUT2D eigenvalue weighted by molar-refractivity contribution is 7.16. The van der Waals surface area contributed by atoms with Crippen LogP contribution in [0.2, 0.25) is 4.34 Å². The molecule has 0 fully saturated rings. The molecule has 0 aliphatic carbocycles. The van der Waals surface area contributed by atoms with Crippen LogP contribution in [-0.2, 0) is 6.42 Å². The number of aliphatic hydroxyl groups is 2. The first-order valence-corrected chi connectivity index (χ1v) is 6.57. The number of thiophene rings is 1. The third kappa shape index (κ3) is 4.80. The zero-order valence-corrected chi connectivity index (χ0v) is 10.9. The predicted molar refractivity (Wildman–Crippen MR) is 68.2 cm³/mol. The Kier molecular flexibility index (Phi) is 6.31. The van der Waals surface area contributed by atoms with Gasteiger partial charge in [0, 0.05) is 10.9 Å². The summed E-state index contributed by atoms with van der Waals surface area (Å²) < 4.78 is 0.819. The highest BCUT2D eigenvalue weighted by Crippen LogP contribution is 2.22. The predicted octanol–water partition coefficient (Wildman–Crippen LogP) is 1.67. The fraction of sp³-hybridized carbons (Fsp3) is 0.636. The van der Waals surface area contributed by atoms with Crippen molar-refractivity contribution in [3.8, 4) is 0 Å². The quantitative estimate of drug-likeness (QED) is 0.701. The van der Waals surface area contributed by atoms with Crippen molar-refractivity contribution in [2.75, 3.05) is 13.2 Å². The maximum Gasteiger partial charge on any atom is 0.0931 e. The number of nitrogens with one attached hydrogen (secondary N) is 1. The van der Waals surface area contributed by atoms with Crippen LogP contribution in [0.25, 0.3) is 0 Å². The van der Waals surface area contributed by atoms with E-state index < -0.39 is 0 Å². The molecule has 0 saturated heterocycles. The van der Waals surface area contributed by atoms with E-state index in [9.17, 15) is 0 Å². The van der Waals surface area contributed by atoms with Crippen LogP contribution in [0.5, 0.6) is 0 Å². The minimum Gasteiger partial charge on any atom is -0.395 e. The van der Waals surface area contributed by atoms with Gasteiger partial charge in [-0.3, -0.25) is 0 Å². The molecule has 92 valence electrons. The number of hydrogen-bond acceptors (Lipinski definition) is 4. The maximum absolute atomic E-state index is 8.93. The van der Waals surface area contributed by atoms with Crippen molar-refractivity contribution in [3.05, 3.63) is 21.3 Å². The van der Waals surface area contributed by atoms with Gasteiger partial charge in [-0.25, -0.2) is 0 Å². The molecule has 0 radical (unpaired) electrons. The van der Waals surface area contributed by atoms with E-state index in [1.807, 2.05) is 19.1 Å². The first-order valence-electron chi connectivity index (χ1n) is 5.37. The first kappa shape index (κ1) is 13.9. The third-order valence-electron chi connectivity index (χ3n) is 2.41. The highest BCUT2D eigenvalue weighted by atomic mass is 35.5. The summed E-state index contributed by atoms with van der Waals surface area (Å²) in [4.78, 5) is 1.27. The van der Waals surface area contributed by atoms with Gasteiger partial charge in [0.1, 0.15) is 0 Å². The second-order valence-corrected chi connectivity index (χ2v) is 5.67. The molecule has 0 aliphatic heterocycles. The van der Waals surface area contributed by atoms with Crippen molar-refractivity contribution in [1.82, 2.24) is 5.32 Å². The summed E-state index contributed by atoms with van der Waals surface area (Å²) in [5.41, 5.74) is 0. The van der Waals surface area contributed by atoms with Crippen molar-refractivity contribution < 1.29 is 10.2 Å². The molecule has 0 aliphatic rings. The molecule has 0 amide bonds. The first-order chi connectivity index (χ1) is 7.65. The number of aryl methyl sites for hydroxylation is 1. The number of hydrogen-bond donors (Lipinski definition) is 3. The summed E-state index contributed by atoms with van der Waals surface area (Å²) in [6, 6.07) is 3.99. The van der Waals surface area contributed by atoms with E-state index in [0.29, 0.717) is 0 Å². The van der Waals surface area contributed by atoms with Crippen LogP contribution < -0.4 is 5.32 Å². The van der Waals surface area contributed by atoms with Crippen LogP contribution >= 0.6 is 22.9 Å². The normalized spacial score (nSPS) is 13.3. The maximum atomic E-state index is 8.93. The summed E-state index contributed by atoms with van der Waals surface area (Å²) in [5, 5.41) is 21.0. The van der Waals surface area contributed by atoms with Crippen molar-refractivity contribution >= 4 is 22.9 Å². The van der Waals surface area contributed by atoms with E-state index in [1.165, 1.54) is 4.88 Å².